The van der Waals surface area contributed by atoms with Gasteiger partial charge >= 0.3 is 0 Å². The highest BCUT2D eigenvalue weighted by atomic mass is 16.7. The molecule has 0 spiro atoms. The number of hydrogen-bond acceptors (Lipinski definition) is 3. The van der Waals surface area contributed by atoms with Crippen molar-refractivity contribution in [2.24, 2.45) is 16.6 Å². The molecular formula is C17H36N2O. The van der Waals surface area contributed by atoms with Crippen LogP contribution in [0.5, 0.6) is 0 Å². The third-order valence-electron chi connectivity index (χ3n) is 4.54. The fraction of sp³-hybridized carbons (Fsp3) is 1.00. The van der Waals surface area contributed by atoms with Crippen LogP contribution in [0.2, 0.25) is 0 Å². The van der Waals surface area contributed by atoms with Crippen LogP contribution in [0.15, 0.2) is 0 Å². The van der Waals surface area contributed by atoms with Crippen LogP contribution < -0.4 is 5.73 Å². The van der Waals surface area contributed by atoms with Gasteiger partial charge in [-0.2, -0.15) is 5.06 Å². The predicted molar refractivity (Wildman–Crippen MR) is 86.4 cm³/mol. The first-order chi connectivity index (χ1) is 9.24. The first-order valence-corrected chi connectivity index (χ1v) is 8.37. The molecule has 3 nitrogen and oxygen atoms in total. The molecule has 0 radical (unpaired) electrons. The van der Waals surface area contributed by atoms with Gasteiger partial charge in [0.1, 0.15) is 0 Å². The van der Waals surface area contributed by atoms with Crippen LogP contribution in [0.1, 0.15) is 73.1 Å². The van der Waals surface area contributed by atoms with E-state index in [1.165, 1.54) is 25.7 Å². The zero-order chi connectivity index (χ0) is 15.2. The third kappa shape index (κ3) is 7.05. The lowest BCUT2D eigenvalue weighted by molar-refractivity contribution is -0.189. The Morgan fingerprint density at radius 1 is 1.00 bits per heavy atom. The summed E-state index contributed by atoms with van der Waals surface area (Å²) in [6.45, 7) is 14.4. The van der Waals surface area contributed by atoms with Crippen molar-refractivity contribution < 1.29 is 4.84 Å². The summed E-state index contributed by atoms with van der Waals surface area (Å²) in [4.78, 5) is 5.98. The monoisotopic (exact) mass is 284 g/mol. The number of nitrogens with zero attached hydrogens (tertiary/aromatic N) is 1. The molecule has 0 saturated carbocycles. The standard InChI is InChI=1S/C17H36N2O/c1-6-16(2,3)12-15(18)13-17(4,5)14-20-19-10-8-7-9-11-19/h15H,6-14,18H2,1-5H3. The van der Waals surface area contributed by atoms with Gasteiger partial charge in [0.25, 0.3) is 0 Å². The second-order valence-corrected chi connectivity index (χ2v) is 8.11. The Kier molecular flexibility index (Phi) is 6.96. The highest BCUT2D eigenvalue weighted by Crippen LogP contribution is 2.31. The third-order valence-corrected chi connectivity index (χ3v) is 4.54. The van der Waals surface area contributed by atoms with E-state index in [1.807, 2.05) is 0 Å². The molecule has 1 heterocycles. The molecule has 0 aliphatic carbocycles. The quantitative estimate of drug-likeness (QED) is 0.733. The Balaban J connectivity index is 2.32. The molecule has 20 heavy (non-hydrogen) atoms. The Bertz CT molecular complexity index is 270. The lowest BCUT2D eigenvalue weighted by Crippen LogP contribution is -2.37. The molecule has 120 valence electrons. The molecule has 0 aromatic heterocycles. The van der Waals surface area contributed by atoms with E-state index in [9.17, 15) is 0 Å². The number of nitrogens with two attached hydrogens (primary N) is 1. The summed E-state index contributed by atoms with van der Waals surface area (Å²) >= 11 is 0. The zero-order valence-electron chi connectivity index (χ0n) is 14.4. The van der Waals surface area contributed by atoms with E-state index in [0.29, 0.717) is 5.41 Å². The lowest BCUT2D eigenvalue weighted by atomic mass is 9.78. The Morgan fingerprint density at radius 3 is 2.10 bits per heavy atom. The summed E-state index contributed by atoms with van der Waals surface area (Å²) < 4.78 is 0. The molecule has 0 amide bonds. The lowest BCUT2D eigenvalue weighted by Gasteiger charge is -2.34. The number of hydrogen-bond donors (Lipinski definition) is 1. The smallest absolute Gasteiger partial charge is 0.0736 e. The fourth-order valence-electron chi connectivity index (χ4n) is 2.96. The summed E-state index contributed by atoms with van der Waals surface area (Å²) in [6, 6.07) is 0.268. The minimum Gasteiger partial charge on any atom is -0.328 e. The van der Waals surface area contributed by atoms with Gasteiger partial charge < -0.3 is 5.73 Å². The van der Waals surface area contributed by atoms with Crippen LogP contribution in [-0.2, 0) is 4.84 Å². The van der Waals surface area contributed by atoms with Crippen LogP contribution in [0.3, 0.4) is 0 Å². The van der Waals surface area contributed by atoms with Crippen molar-refractivity contribution in [2.45, 2.75) is 79.2 Å². The van der Waals surface area contributed by atoms with Crippen molar-refractivity contribution in [2.75, 3.05) is 19.7 Å². The number of piperidine rings is 1. The maximum atomic E-state index is 6.36. The van der Waals surface area contributed by atoms with E-state index in [1.54, 1.807) is 0 Å². The summed E-state index contributed by atoms with van der Waals surface area (Å²) in [6.07, 6.45) is 7.20. The molecule has 1 unspecified atom stereocenters. The fourth-order valence-corrected chi connectivity index (χ4v) is 2.96. The highest BCUT2D eigenvalue weighted by molar-refractivity contribution is 4.80. The van der Waals surface area contributed by atoms with Crippen molar-refractivity contribution in [3.8, 4) is 0 Å². The normalized spacial score (nSPS) is 20.1. The van der Waals surface area contributed by atoms with Gasteiger partial charge in [-0.05, 0) is 36.5 Å². The zero-order valence-corrected chi connectivity index (χ0v) is 14.4. The van der Waals surface area contributed by atoms with Crippen molar-refractivity contribution in [1.29, 1.82) is 0 Å². The molecular weight excluding hydrogens is 248 g/mol. The van der Waals surface area contributed by atoms with Crippen molar-refractivity contribution in [1.82, 2.24) is 5.06 Å². The Morgan fingerprint density at radius 2 is 1.55 bits per heavy atom. The molecule has 1 fully saturated rings. The van der Waals surface area contributed by atoms with Gasteiger partial charge in [-0.3, -0.25) is 4.84 Å². The van der Waals surface area contributed by atoms with Crippen LogP contribution in [-0.4, -0.2) is 30.8 Å². The van der Waals surface area contributed by atoms with E-state index in [0.717, 1.165) is 32.5 Å². The molecule has 3 heteroatoms. The Hall–Kier alpha value is -0.120. The van der Waals surface area contributed by atoms with E-state index >= 15 is 0 Å². The van der Waals surface area contributed by atoms with Gasteiger partial charge in [0, 0.05) is 19.1 Å². The summed E-state index contributed by atoms with van der Waals surface area (Å²) in [5, 5.41) is 2.15. The maximum absolute atomic E-state index is 6.36. The van der Waals surface area contributed by atoms with Gasteiger partial charge in [0.15, 0.2) is 0 Å². The number of hydroxylamine groups is 2. The molecule has 1 rings (SSSR count). The van der Waals surface area contributed by atoms with Gasteiger partial charge in [-0.15, -0.1) is 0 Å². The minimum atomic E-state index is 0.153. The van der Waals surface area contributed by atoms with E-state index < -0.39 is 0 Å². The van der Waals surface area contributed by atoms with E-state index in [-0.39, 0.29) is 11.5 Å². The molecule has 1 aliphatic rings. The van der Waals surface area contributed by atoms with Crippen molar-refractivity contribution >= 4 is 0 Å². The van der Waals surface area contributed by atoms with Crippen molar-refractivity contribution in [3.63, 3.8) is 0 Å². The minimum absolute atomic E-state index is 0.153. The topological polar surface area (TPSA) is 38.5 Å². The van der Waals surface area contributed by atoms with Crippen LogP contribution in [0, 0.1) is 10.8 Å². The first kappa shape index (κ1) is 17.9. The number of rotatable bonds is 8. The van der Waals surface area contributed by atoms with Crippen LogP contribution >= 0.6 is 0 Å². The first-order valence-electron chi connectivity index (χ1n) is 8.37. The molecule has 0 bridgehead atoms. The van der Waals surface area contributed by atoms with Crippen LogP contribution in [0.4, 0.5) is 0 Å². The summed E-state index contributed by atoms with van der Waals surface area (Å²) in [5.74, 6) is 0. The van der Waals surface area contributed by atoms with Gasteiger partial charge in [0.2, 0.25) is 0 Å². The summed E-state index contributed by atoms with van der Waals surface area (Å²) in [5.41, 5.74) is 6.86. The van der Waals surface area contributed by atoms with Gasteiger partial charge in [-0.25, -0.2) is 0 Å². The second kappa shape index (κ2) is 7.77. The van der Waals surface area contributed by atoms with Gasteiger partial charge in [0.05, 0.1) is 6.61 Å². The molecule has 0 aromatic rings. The molecule has 1 atom stereocenters. The Labute approximate surface area is 126 Å². The second-order valence-electron chi connectivity index (χ2n) is 8.11. The van der Waals surface area contributed by atoms with E-state index in [4.69, 9.17) is 10.6 Å². The van der Waals surface area contributed by atoms with Crippen LogP contribution in [0.25, 0.3) is 0 Å². The molecule has 1 aliphatic heterocycles. The molecule has 2 N–H and O–H groups in total. The SMILES string of the molecule is CCC(C)(C)CC(N)CC(C)(C)CON1CCCCC1. The van der Waals surface area contributed by atoms with E-state index in [2.05, 4.69) is 39.7 Å². The summed E-state index contributed by atoms with van der Waals surface area (Å²) in [7, 11) is 0. The largest absolute Gasteiger partial charge is 0.328 e. The predicted octanol–water partition coefficient (Wildman–Crippen LogP) is 3.97. The molecule has 0 aromatic carbocycles. The average Bonchev–Trinajstić information content (AvgIpc) is 2.36. The molecule has 1 saturated heterocycles. The highest BCUT2D eigenvalue weighted by Gasteiger charge is 2.27. The maximum Gasteiger partial charge on any atom is 0.0736 e. The van der Waals surface area contributed by atoms with Gasteiger partial charge in [-0.1, -0.05) is 47.5 Å². The van der Waals surface area contributed by atoms with Crippen molar-refractivity contribution in [3.05, 3.63) is 0 Å². The average molecular weight is 284 g/mol.